The number of nitrogens with one attached hydrogen (secondary N) is 1. The molecule has 1 saturated heterocycles. The molecule has 0 aliphatic carbocycles. The Hall–Kier alpha value is -1.85. The molecule has 0 bridgehead atoms. The zero-order valence-corrected chi connectivity index (χ0v) is 11.3. The Morgan fingerprint density at radius 3 is 3.16 bits per heavy atom. The maximum atomic E-state index is 5.81. The van der Waals surface area contributed by atoms with E-state index in [4.69, 9.17) is 5.73 Å². The molecule has 0 amide bonds. The molecule has 6 nitrogen and oxygen atoms in total. The summed E-state index contributed by atoms with van der Waals surface area (Å²) in [6.07, 6.45) is 7.93. The number of piperidine rings is 1. The molecule has 19 heavy (non-hydrogen) atoms. The zero-order chi connectivity index (χ0) is 13.2. The lowest BCUT2D eigenvalue weighted by molar-refractivity contribution is 0.433. The first-order valence-electron chi connectivity index (χ1n) is 7.03. The number of H-pyrrole nitrogens is 1. The fraction of sp³-hybridized carbons (Fsp3) is 0.615. The van der Waals surface area contributed by atoms with Gasteiger partial charge < -0.3 is 10.6 Å². The summed E-state index contributed by atoms with van der Waals surface area (Å²) in [5.41, 5.74) is 6.54. The van der Waals surface area contributed by atoms with Crippen LogP contribution >= 0.6 is 0 Å². The number of aromatic nitrogens is 4. The van der Waals surface area contributed by atoms with Crippen LogP contribution in [0, 0.1) is 0 Å². The van der Waals surface area contributed by atoms with Gasteiger partial charge in [-0.1, -0.05) is 13.3 Å². The van der Waals surface area contributed by atoms with E-state index < -0.39 is 0 Å². The summed E-state index contributed by atoms with van der Waals surface area (Å²) in [7, 11) is 0. The van der Waals surface area contributed by atoms with Crippen molar-refractivity contribution in [2.75, 3.05) is 17.2 Å². The summed E-state index contributed by atoms with van der Waals surface area (Å²) in [5.74, 6) is 1.25. The second kappa shape index (κ2) is 5.03. The summed E-state index contributed by atoms with van der Waals surface area (Å²) in [6.45, 7) is 3.27. The van der Waals surface area contributed by atoms with Crippen LogP contribution in [-0.2, 0) is 0 Å². The van der Waals surface area contributed by atoms with Gasteiger partial charge in [-0.3, -0.25) is 5.10 Å². The van der Waals surface area contributed by atoms with E-state index in [1.165, 1.54) is 32.1 Å². The van der Waals surface area contributed by atoms with Gasteiger partial charge in [-0.05, 0) is 25.7 Å². The summed E-state index contributed by atoms with van der Waals surface area (Å²) >= 11 is 0. The van der Waals surface area contributed by atoms with E-state index in [-0.39, 0.29) is 0 Å². The largest absolute Gasteiger partial charge is 0.368 e. The number of nitrogen functional groups attached to an aromatic ring is 1. The third-order valence-electron chi connectivity index (χ3n) is 3.83. The molecule has 1 unspecified atom stereocenters. The van der Waals surface area contributed by atoms with Crippen molar-refractivity contribution in [3.63, 3.8) is 0 Å². The predicted molar refractivity (Wildman–Crippen MR) is 76.0 cm³/mol. The highest BCUT2D eigenvalue weighted by molar-refractivity contribution is 5.87. The quantitative estimate of drug-likeness (QED) is 0.882. The van der Waals surface area contributed by atoms with Crippen LogP contribution < -0.4 is 10.6 Å². The second-order valence-electron chi connectivity index (χ2n) is 5.17. The Morgan fingerprint density at radius 2 is 2.32 bits per heavy atom. The fourth-order valence-corrected chi connectivity index (χ4v) is 2.97. The average molecular weight is 260 g/mol. The molecule has 1 fully saturated rings. The van der Waals surface area contributed by atoms with Crippen LogP contribution in [0.3, 0.4) is 0 Å². The molecule has 3 N–H and O–H groups in total. The van der Waals surface area contributed by atoms with Gasteiger partial charge in [-0.15, -0.1) is 0 Å². The highest BCUT2D eigenvalue weighted by atomic mass is 15.3. The number of nitrogens with two attached hydrogens (primary N) is 1. The molecule has 0 spiro atoms. The molecule has 1 aliphatic heterocycles. The van der Waals surface area contributed by atoms with Gasteiger partial charge in [0.2, 0.25) is 5.95 Å². The van der Waals surface area contributed by atoms with E-state index in [0.717, 1.165) is 23.4 Å². The highest BCUT2D eigenvalue weighted by Crippen LogP contribution is 2.30. The van der Waals surface area contributed by atoms with Gasteiger partial charge in [-0.25, -0.2) is 0 Å². The summed E-state index contributed by atoms with van der Waals surface area (Å²) < 4.78 is 0. The predicted octanol–water partition coefficient (Wildman–Crippen LogP) is 2.09. The van der Waals surface area contributed by atoms with Gasteiger partial charge in [0.05, 0.1) is 11.6 Å². The molecule has 6 heteroatoms. The molecule has 102 valence electrons. The minimum absolute atomic E-state index is 0.313. The average Bonchev–Trinajstić information content (AvgIpc) is 2.87. The monoisotopic (exact) mass is 260 g/mol. The number of fused-ring (bicyclic) bond motifs is 1. The molecule has 3 heterocycles. The van der Waals surface area contributed by atoms with Crippen LogP contribution in [0.5, 0.6) is 0 Å². The molecule has 0 aromatic carbocycles. The SMILES string of the molecule is CCCC1CCCCN1c1nc(N)nc2[nH]ncc12. The van der Waals surface area contributed by atoms with Crippen LogP contribution in [-0.4, -0.2) is 32.8 Å². The first-order valence-corrected chi connectivity index (χ1v) is 7.03. The maximum Gasteiger partial charge on any atom is 0.224 e. The van der Waals surface area contributed by atoms with Crippen LogP contribution in [0.2, 0.25) is 0 Å². The van der Waals surface area contributed by atoms with Crippen LogP contribution in [0.1, 0.15) is 39.0 Å². The first kappa shape index (κ1) is 12.2. The molecule has 0 saturated carbocycles. The lowest BCUT2D eigenvalue weighted by atomic mass is 9.98. The Labute approximate surface area is 112 Å². The third-order valence-corrected chi connectivity index (χ3v) is 3.83. The minimum atomic E-state index is 0.313. The van der Waals surface area contributed by atoms with E-state index in [1.807, 2.05) is 0 Å². The van der Waals surface area contributed by atoms with Crippen molar-refractivity contribution >= 4 is 22.8 Å². The Balaban J connectivity index is 2.03. The van der Waals surface area contributed by atoms with E-state index in [1.54, 1.807) is 6.20 Å². The van der Waals surface area contributed by atoms with Crippen molar-refractivity contribution in [3.8, 4) is 0 Å². The van der Waals surface area contributed by atoms with E-state index in [2.05, 4.69) is 32.0 Å². The molecular weight excluding hydrogens is 240 g/mol. The molecule has 1 aliphatic rings. The van der Waals surface area contributed by atoms with Gasteiger partial charge in [0, 0.05) is 12.6 Å². The van der Waals surface area contributed by atoms with Crippen molar-refractivity contribution in [2.45, 2.75) is 45.1 Å². The van der Waals surface area contributed by atoms with E-state index in [0.29, 0.717) is 12.0 Å². The van der Waals surface area contributed by atoms with Crippen LogP contribution in [0.25, 0.3) is 11.0 Å². The lowest BCUT2D eigenvalue weighted by Crippen LogP contribution is -2.40. The Kier molecular flexibility index (Phi) is 3.23. The van der Waals surface area contributed by atoms with Gasteiger partial charge >= 0.3 is 0 Å². The topological polar surface area (TPSA) is 83.7 Å². The third kappa shape index (κ3) is 2.22. The summed E-state index contributed by atoms with van der Waals surface area (Å²) in [4.78, 5) is 11.0. The number of anilines is 2. The number of hydrogen-bond donors (Lipinski definition) is 2. The number of nitrogens with zero attached hydrogens (tertiary/aromatic N) is 4. The second-order valence-corrected chi connectivity index (χ2v) is 5.17. The van der Waals surface area contributed by atoms with Crippen molar-refractivity contribution in [3.05, 3.63) is 6.20 Å². The van der Waals surface area contributed by atoms with Crippen LogP contribution in [0.4, 0.5) is 11.8 Å². The Morgan fingerprint density at radius 1 is 1.42 bits per heavy atom. The van der Waals surface area contributed by atoms with Crippen molar-refractivity contribution in [1.29, 1.82) is 0 Å². The van der Waals surface area contributed by atoms with Crippen molar-refractivity contribution < 1.29 is 0 Å². The number of hydrogen-bond acceptors (Lipinski definition) is 5. The first-order chi connectivity index (χ1) is 9.29. The van der Waals surface area contributed by atoms with Crippen molar-refractivity contribution in [2.24, 2.45) is 0 Å². The molecule has 0 radical (unpaired) electrons. The van der Waals surface area contributed by atoms with Gasteiger partial charge in [-0.2, -0.15) is 15.1 Å². The van der Waals surface area contributed by atoms with Crippen molar-refractivity contribution in [1.82, 2.24) is 20.2 Å². The number of rotatable bonds is 3. The fourth-order valence-electron chi connectivity index (χ4n) is 2.97. The molecule has 1 atom stereocenters. The smallest absolute Gasteiger partial charge is 0.224 e. The normalized spacial score (nSPS) is 20.1. The highest BCUT2D eigenvalue weighted by Gasteiger charge is 2.25. The summed E-state index contributed by atoms with van der Waals surface area (Å²) in [6, 6.07) is 0.561. The number of aromatic amines is 1. The molecular formula is C13H20N6. The minimum Gasteiger partial charge on any atom is -0.368 e. The van der Waals surface area contributed by atoms with Gasteiger partial charge in [0.15, 0.2) is 5.65 Å². The van der Waals surface area contributed by atoms with Gasteiger partial charge in [0.25, 0.3) is 0 Å². The zero-order valence-electron chi connectivity index (χ0n) is 11.3. The van der Waals surface area contributed by atoms with E-state index in [9.17, 15) is 0 Å². The van der Waals surface area contributed by atoms with E-state index >= 15 is 0 Å². The van der Waals surface area contributed by atoms with Crippen LogP contribution in [0.15, 0.2) is 6.20 Å². The Bertz CT molecular complexity index is 561. The lowest BCUT2D eigenvalue weighted by Gasteiger charge is -2.37. The molecule has 3 rings (SSSR count). The summed E-state index contributed by atoms with van der Waals surface area (Å²) in [5, 5.41) is 7.91. The van der Waals surface area contributed by atoms with Gasteiger partial charge in [0.1, 0.15) is 5.82 Å². The maximum absolute atomic E-state index is 5.81. The standard InChI is InChI=1S/C13H20N6/c1-2-5-9-6-3-4-7-19(9)12-10-8-15-18-11(10)16-13(14)17-12/h8-9H,2-7H2,1H3,(H3,14,15,16,17,18). The molecule has 2 aromatic heterocycles. The molecule has 2 aromatic rings.